The Morgan fingerprint density at radius 2 is 1.71 bits per heavy atom. The van der Waals surface area contributed by atoms with Gasteiger partial charge >= 0.3 is 12.3 Å². The Bertz CT molecular complexity index is 1280. The van der Waals surface area contributed by atoms with Crippen LogP contribution in [0, 0.1) is 12.7 Å². The lowest BCUT2D eigenvalue weighted by molar-refractivity contribution is -0.274. The SMILES string of the molecule is Cc1c(CCC(=O)NCCC(=O)O)c2c(F)c(O)ccc2n1C(=O)c1ccc(OC(F)(F)F)cc1. The summed E-state index contributed by atoms with van der Waals surface area (Å²) in [5.41, 5.74) is 0.626. The van der Waals surface area contributed by atoms with Crippen LogP contribution in [0.4, 0.5) is 17.6 Å². The fourth-order valence-electron chi connectivity index (χ4n) is 3.66. The number of amides is 1. The number of carboxylic acid groups (broad SMARTS) is 1. The van der Waals surface area contributed by atoms with Crippen molar-refractivity contribution >= 4 is 28.7 Å². The zero-order valence-electron chi connectivity index (χ0n) is 18.3. The topological polar surface area (TPSA) is 118 Å². The maximum absolute atomic E-state index is 14.9. The van der Waals surface area contributed by atoms with Crippen LogP contribution in [0.25, 0.3) is 10.9 Å². The van der Waals surface area contributed by atoms with Gasteiger partial charge in [0.05, 0.1) is 11.9 Å². The maximum atomic E-state index is 14.9. The molecule has 0 saturated carbocycles. The Morgan fingerprint density at radius 3 is 2.31 bits per heavy atom. The van der Waals surface area contributed by atoms with Gasteiger partial charge in [-0.05, 0) is 55.3 Å². The van der Waals surface area contributed by atoms with Gasteiger partial charge in [-0.1, -0.05) is 0 Å². The molecular formula is C23H20F4N2O6. The Morgan fingerprint density at radius 1 is 1.06 bits per heavy atom. The number of carbonyl (C=O) groups is 3. The number of fused-ring (bicyclic) bond motifs is 1. The van der Waals surface area contributed by atoms with Crippen LogP contribution in [0.15, 0.2) is 36.4 Å². The number of phenolic OH excluding ortho intramolecular Hbond substituents is 1. The summed E-state index contributed by atoms with van der Waals surface area (Å²) < 4.78 is 57.0. The third-order valence-corrected chi connectivity index (χ3v) is 5.22. The lowest BCUT2D eigenvalue weighted by Crippen LogP contribution is -2.26. The molecule has 0 aliphatic carbocycles. The predicted molar refractivity (Wildman–Crippen MR) is 115 cm³/mol. The molecule has 1 amide bonds. The lowest BCUT2D eigenvalue weighted by Gasteiger charge is -2.10. The fraction of sp³-hybridized carbons (Fsp3) is 0.261. The van der Waals surface area contributed by atoms with E-state index in [0.29, 0.717) is 0 Å². The first-order chi connectivity index (χ1) is 16.4. The molecule has 0 atom stereocenters. The van der Waals surface area contributed by atoms with E-state index in [1.807, 2.05) is 0 Å². The number of carbonyl (C=O) groups excluding carboxylic acids is 2. The molecule has 3 N–H and O–H groups in total. The van der Waals surface area contributed by atoms with Crippen LogP contribution in [0.3, 0.4) is 0 Å². The Hall–Kier alpha value is -4.09. The fourth-order valence-corrected chi connectivity index (χ4v) is 3.66. The zero-order valence-corrected chi connectivity index (χ0v) is 18.3. The first kappa shape index (κ1) is 25.5. The van der Waals surface area contributed by atoms with Crippen molar-refractivity contribution in [2.24, 2.45) is 0 Å². The number of nitrogens with zero attached hydrogens (tertiary/aromatic N) is 1. The van der Waals surface area contributed by atoms with Crippen LogP contribution >= 0.6 is 0 Å². The van der Waals surface area contributed by atoms with Gasteiger partial charge in [-0.25, -0.2) is 4.39 Å². The van der Waals surface area contributed by atoms with E-state index in [2.05, 4.69) is 10.1 Å². The number of aryl methyl sites for hydroxylation is 1. The lowest BCUT2D eigenvalue weighted by atomic mass is 10.0. The standard InChI is InChI=1S/C23H20F4N2O6/c1-12-15(6-9-18(31)28-11-10-19(32)33)20-16(7-8-17(30)21(20)24)29(12)22(34)13-2-4-14(5-3-13)35-23(25,26)27/h2-5,7-8,30H,6,9-11H2,1H3,(H,28,31)(H,32,33). The first-order valence-corrected chi connectivity index (χ1v) is 10.3. The number of aromatic nitrogens is 1. The molecule has 0 spiro atoms. The number of aliphatic carboxylic acids is 1. The molecule has 2 aromatic carbocycles. The van der Waals surface area contributed by atoms with Gasteiger partial charge in [0.25, 0.3) is 5.91 Å². The smallest absolute Gasteiger partial charge is 0.505 e. The van der Waals surface area contributed by atoms with Crippen molar-refractivity contribution in [3.63, 3.8) is 0 Å². The van der Waals surface area contributed by atoms with E-state index in [-0.39, 0.29) is 53.5 Å². The molecule has 12 heteroatoms. The average Bonchev–Trinajstić information content (AvgIpc) is 3.05. The van der Waals surface area contributed by atoms with Crippen LogP contribution < -0.4 is 10.1 Å². The van der Waals surface area contributed by atoms with Crippen molar-refractivity contribution in [2.45, 2.75) is 32.5 Å². The van der Waals surface area contributed by atoms with Crippen molar-refractivity contribution < 1.29 is 46.9 Å². The highest BCUT2D eigenvalue weighted by Gasteiger charge is 2.31. The molecule has 0 aliphatic rings. The molecule has 186 valence electrons. The van der Waals surface area contributed by atoms with Crippen molar-refractivity contribution in [1.29, 1.82) is 0 Å². The van der Waals surface area contributed by atoms with Gasteiger partial charge in [0.2, 0.25) is 5.91 Å². The summed E-state index contributed by atoms with van der Waals surface area (Å²) in [5, 5.41) is 20.9. The van der Waals surface area contributed by atoms with E-state index >= 15 is 0 Å². The molecule has 8 nitrogen and oxygen atoms in total. The molecule has 0 bridgehead atoms. The first-order valence-electron chi connectivity index (χ1n) is 10.3. The van der Waals surface area contributed by atoms with Gasteiger partial charge in [-0.15, -0.1) is 13.2 Å². The van der Waals surface area contributed by atoms with Gasteiger partial charge in [0, 0.05) is 29.6 Å². The third kappa shape index (κ3) is 5.89. The number of rotatable bonds is 8. The van der Waals surface area contributed by atoms with Gasteiger partial charge in [0.15, 0.2) is 11.6 Å². The van der Waals surface area contributed by atoms with Crippen molar-refractivity contribution in [3.05, 3.63) is 59.0 Å². The highest BCUT2D eigenvalue weighted by Crippen LogP contribution is 2.34. The van der Waals surface area contributed by atoms with Crippen molar-refractivity contribution in [2.75, 3.05) is 6.54 Å². The van der Waals surface area contributed by atoms with Crippen LogP contribution in [0.1, 0.15) is 34.5 Å². The third-order valence-electron chi connectivity index (χ3n) is 5.22. The number of alkyl halides is 3. The highest BCUT2D eigenvalue weighted by atomic mass is 19.4. The number of ether oxygens (including phenoxy) is 1. The summed E-state index contributed by atoms with van der Waals surface area (Å²) in [6.45, 7) is 1.42. The number of aromatic hydroxyl groups is 1. The highest BCUT2D eigenvalue weighted by molar-refractivity contribution is 6.04. The number of nitrogens with one attached hydrogen (secondary N) is 1. The van der Waals surface area contributed by atoms with Crippen LogP contribution in [-0.2, 0) is 16.0 Å². The number of hydrogen-bond donors (Lipinski definition) is 3. The molecule has 3 rings (SSSR count). The van der Waals surface area contributed by atoms with E-state index in [0.717, 1.165) is 34.9 Å². The molecule has 0 aliphatic heterocycles. The molecule has 0 radical (unpaired) electrons. The van der Waals surface area contributed by atoms with Crippen LogP contribution in [0.5, 0.6) is 11.5 Å². The van der Waals surface area contributed by atoms with E-state index in [1.165, 1.54) is 13.0 Å². The second kappa shape index (κ2) is 10.0. The normalized spacial score (nSPS) is 11.5. The van der Waals surface area contributed by atoms with E-state index < -0.39 is 41.5 Å². The van der Waals surface area contributed by atoms with Crippen molar-refractivity contribution in [1.82, 2.24) is 9.88 Å². The molecule has 0 fully saturated rings. The molecule has 0 saturated heterocycles. The molecule has 0 unspecified atom stereocenters. The summed E-state index contributed by atoms with van der Waals surface area (Å²) >= 11 is 0. The minimum atomic E-state index is -4.90. The Balaban J connectivity index is 1.94. The number of phenols is 1. The zero-order chi connectivity index (χ0) is 25.9. The number of halogens is 4. The minimum Gasteiger partial charge on any atom is -0.505 e. The van der Waals surface area contributed by atoms with E-state index in [4.69, 9.17) is 5.11 Å². The maximum Gasteiger partial charge on any atom is 0.573 e. The van der Waals surface area contributed by atoms with Gasteiger partial charge in [-0.3, -0.25) is 19.0 Å². The summed E-state index contributed by atoms with van der Waals surface area (Å²) in [7, 11) is 0. The number of benzene rings is 2. The number of carboxylic acids is 1. The molecule has 3 aromatic rings. The van der Waals surface area contributed by atoms with E-state index in [1.54, 1.807) is 0 Å². The second-order valence-corrected chi connectivity index (χ2v) is 7.56. The second-order valence-electron chi connectivity index (χ2n) is 7.56. The minimum absolute atomic E-state index is 0.00836. The van der Waals surface area contributed by atoms with Gasteiger partial charge in [-0.2, -0.15) is 0 Å². The van der Waals surface area contributed by atoms with Gasteiger partial charge in [0.1, 0.15) is 5.75 Å². The molecule has 1 heterocycles. The summed E-state index contributed by atoms with van der Waals surface area (Å²) in [5.74, 6) is -4.42. The molecule has 35 heavy (non-hydrogen) atoms. The van der Waals surface area contributed by atoms with Gasteiger partial charge < -0.3 is 20.3 Å². The number of hydrogen-bond acceptors (Lipinski definition) is 5. The molecule has 1 aromatic heterocycles. The monoisotopic (exact) mass is 496 g/mol. The Kier molecular flexibility index (Phi) is 7.32. The quantitative estimate of drug-likeness (QED) is 0.407. The predicted octanol–water partition coefficient (Wildman–Crippen LogP) is 3.91. The summed E-state index contributed by atoms with van der Waals surface area (Å²) in [6, 6.07) is 6.56. The average molecular weight is 496 g/mol. The summed E-state index contributed by atoms with van der Waals surface area (Å²) in [6.07, 6.45) is -5.34. The van der Waals surface area contributed by atoms with Crippen LogP contribution in [-0.4, -0.2) is 45.5 Å². The molecular weight excluding hydrogens is 476 g/mol. The Labute approximate surface area is 195 Å². The van der Waals surface area contributed by atoms with E-state index in [9.17, 15) is 37.1 Å². The largest absolute Gasteiger partial charge is 0.573 e. The summed E-state index contributed by atoms with van der Waals surface area (Å²) in [4.78, 5) is 35.9. The van der Waals surface area contributed by atoms with Crippen LogP contribution in [0.2, 0.25) is 0 Å². The van der Waals surface area contributed by atoms with Crippen molar-refractivity contribution in [3.8, 4) is 11.5 Å².